The van der Waals surface area contributed by atoms with Crippen LogP contribution in [0.1, 0.15) is 26.7 Å². The zero-order chi connectivity index (χ0) is 10.8. The second-order valence-electron chi connectivity index (χ2n) is 3.79. The van der Waals surface area contributed by atoms with Crippen molar-refractivity contribution < 1.29 is 8.42 Å². The average Bonchev–Trinajstić information content (AvgIpc) is 2.18. The highest BCUT2D eigenvalue weighted by atomic mass is 32.2. The van der Waals surface area contributed by atoms with Crippen molar-refractivity contribution in [2.75, 3.05) is 18.6 Å². The van der Waals surface area contributed by atoms with E-state index in [2.05, 4.69) is 6.92 Å². The van der Waals surface area contributed by atoms with Crippen LogP contribution >= 0.6 is 11.8 Å². The average molecular weight is 237 g/mol. The number of thioether (sulfide) groups is 1. The fraction of sp³-hybridized carbons (Fsp3) is 1.00. The number of hydrogen-bond donors (Lipinski definition) is 0. The van der Waals surface area contributed by atoms with E-state index in [4.69, 9.17) is 0 Å². The number of hydrogen-bond acceptors (Lipinski definition) is 3. The van der Waals surface area contributed by atoms with Crippen molar-refractivity contribution in [1.82, 2.24) is 4.31 Å². The van der Waals surface area contributed by atoms with E-state index in [0.717, 1.165) is 18.6 Å². The molecule has 0 aromatic carbocycles. The summed E-state index contributed by atoms with van der Waals surface area (Å²) in [4.78, 5) is 0. The third-order valence-electron chi connectivity index (χ3n) is 2.80. The van der Waals surface area contributed by atoms with Gasteiger partial charge in [0, 0.05) is 24.1 Å². The van der Waals surface area contributed by atoms with Crippen molar-refractivity contribution in [3.63, 3.8) is 0 Å². The number of rotatable bonds is 3. The highest BCUT2D eigenvalue weighted by Crippen LogP contribution is 2.28. The van der Waals surface area contributed by atoms with Gasteiger partial charge in [-0.15, -0.1) is 0 Å². The molecular formula is C9H19NO2S2. The summed E-state index contributed by atoms with van der Waals surface area (Å²) in [6.45, 7) is 3.90. The molecule has 14 heavy (non-hydrogen) atoms. The van der Waals surface area contributed by atoms with Crippen LogP contribution in [-0.2, 0) is 10.0 Å². The SMILES string of the molecule is CCS(=O)(=O)N(C)C1CCC(C)SC1. The topological polar surface area (TPSA) is 37.4 Å². The lowest BCUT2D eigenvalue weighted by atomic mass is 10.1. The van der Waals surface area contributed by atoms with E-state index in [1.54, 1.807) is 18.3 Å². The Morgan fingerprint density at radius 3 is 2.50 bits per heavy atom. The van der Waals surface area contributed by atoms with Crippen LogP contribution in [0.25, 0.3) is 0 Å². The quantitative estimate of drug-likeness (QED) is 0.747. The maximum absolute atomic E-state index is 11.6. The molecular weight excluding hydrogens is 218 g/mol. The molecule has 2 atom stereocenters. The van der Waals surface area contributed by atoms with Gasteiger partial charge in [-0.05, 0) is 19.8 Å². The lowest BCUT2D eigenvalue weighted by molar-refractivity contribution is 0.363. The molecule has 0 bridgehead atoms. The van der Waals surface area contributed by atoms with E-state index in [1.807, 2.05) is 11.8 Å². The monoisotopic (exact) mass is 237 g/mol. The zero-order valence-electron chi connectivity index (χ0n) is 9.06. The predicted octanol–water partition coefficient (Wildman–Crippen LogP) is 1.55. The summed E-state index contributed by atoms with van der Waals surface area (Å²) in [5.41, 5.74) is 0. The lowest BCUT2D eigenvalue weighted by Crippen LogP contribution is -2.41. The van der Waals surface area contributed by atoms with Crippen LogP contribution in [0.3, 0.4) is 0 Å². The van der Waals surface area contributed by atoms with Gasteiger partial charge in [0.25, 0.3) is 0 Å². The molecule has 1 aliphatic rings. The standard InChI is InChI=1S/C9H19NO2S2/c1-4-14(11,12)10(3)9-6-5-8(2)13-7-9/h8-9H,4-7H2,1-3H3. The van der Waals surface area contributed by atoms with Crippen LogP contribution < -0.4 is 0 Å². The molecule has 3 nitrogen and oxygen atoms in total. The molecule has 0 N–H and O–H groups in total. The van der Waals surface area contributed by atoms with E-state index in [-0.39, 0.29) is 11.8 Å². The van der Waals surface area contributed by atoms with Crippen LogP contribution in [0, 0.1) is 0 Å². The number of sulfonamides is 1. The maximum atomic E-state index is 11.6. The van der Waals surface area contributed by atoms with E-state index < -0.39 is 10.0 Å². The largest absolute Gasteiger partial charge is 0.213 e. The molecule has 1 heterocycles. The minimum absolute atomic E-state index is 0.209. The van der Waals surface area contributed by atoms with Crippen LogP contribution in [0.15, 0.2) is 0 Å². The second kappa shape index (κ2) is 4.86. The van der Waals surface area contributed by atoms with Crippen molar-refractivity contribution in [3.8, 4) is 0 Å². The zero-order valence-corrected chi connectivity index (χ0v) is 10.7. The molecule has 0 aromatic rings. The molecule has 5 heteroatoms. The summed E-state index contributed by atoms with van der Waals surface area (Å²) < 4.78 is 24.8. The Morgan fingerprint density at radius 2 is 2.07 bits per heavy atom. The molecule has 1 aliphatic heterocycles. The summed E-state index contributed by atoms with van der Waals surface area (Å²) in [6.07, 6.45) is 2.13. The van der Waals surface area contributed by atoms with Gasteiger partial charge < -0.3 is 0 Å². The van der Waals surface area contributed by atoms with Crippen molar-refractivity contribution in [2.45, 2.75) is 38.0 Å². The highest BCUT2D eigenvalue weighted by Gasteiger charge is 2.28. The first kappa shape index (κ1) is 12.3. The van der Waals surface area contributed by atoms with Gasteiger partial charge in [0.05, 0.1) is 5.75 Å². The molecule has 84 valence electrons. The van der Waals surface area contributed by atoms with E-state index >= 15 is 0 Å². The first-order chi connectivity index (χ1) is 6.47. The van der Waals surface area contributed by atoms with Gasteiger partial charge in [0.1, 0.15) is 0 Å². The lowest BCUT2D eigenvalue weighted by Gasteiger charge is -2.32. The molecule has 0 spiro atoms. The molecule has 0 radical (unpaired) electrons. The Balaban J connectivity index is 2.58. The first-order valence-electron chi connectivity index (χ1n) is 5.04. The second-order valence-corrected chi connectivity index (χ2v) is 7.58. The minimum atomic E-state index is -3.00. The summed E-state index contributed by atoms with van der Waals surface area (Å²) in [5.74, 6) is 1.15. The molecule has 0 aliphatic carbocycles. The molecule has 1 fully saturated rings. The highest BCUT2D eigenvalue weighted by molar-refractivity contribution is 8.00. The fourth-order valence-corrected chi connectivity index (χ4v) is 3.97. The van der Waals surface area contributed by atoms with Crippen molar-refractivity contribution in [3.05, 3.63) is 0 Å². The molecule has 1 saturated heterocycles. The third kappa shape index (κ3) is 2.87. The Morgan fingerprint density at radius 1 is 1.43 bits per heavy atom. The molecule has 1 rings (SSSR count). The van der Waals surface area contributed by atoms with Crippen LogP contribution in [0.5, 0.6) is 0 Å². The van der Waals surface area contributed by atoms with E-state index in [0.29, 0.717) is 5.25 Å². The van der Waals surface area contributed by atoms with Gasteiger partial charge in [-0.2, -0.15) is 11.8 Å². The molecule has 0 amide bonds. The summed E-state index contributed by atoms with van der Waals surface area (Å²) in [7, 11) is -1.29. The van der Waals surface area contributed by atoms with Gasteiger partial charge in [-0.25, -0.2) is 12.7 Å². The minimum Gasteiger partial charge on any atom is -0.212 e. The van der Waals surface area contributed by atoms with Crippen molar-refractivity contribution in [1.29, 1.82) is 0 Å². The first-order valence-corrected chi connectivity index (χ1v) is 7.70. The molecule has 0 aromatic heterocycles. The number of nitrogens with zero attached hydrogens (tertiary/aromatic N) is 1. The molecule has 2 unspecified atom stereocenters. The molecule has 0 saturated carbocycles. The Labute approximate surface area is 91.3 Å². The Kier molecular flexibility index (Phi) is 4.28. The van der Waals surface area contributed by atoms with Crippen LogP contribution in [-0.4, -0.2) is 42.6 Å². The van der Waals surface area contributed by atoms with Gasteiger partial charge in [0.15, 0.2) is 0 Å². The predicted molar refractivity (Wildman–Crippen MR) is 62.2 cm³/mol. The Hall–Kier alpha value is 0.260. The van der Waals surface area contributed by atoms with Gasteiger partial charge in [0.2, 0.25) is 10.0 Å². The van der Waals surface area contributed by atoms with Gasteiger partial charge in [-0.1, -0.05) is 6.92 Å². The summed E-state index contributed by atoms with van der Waals surface area (Å²) in [5, 5.41) is 0.684. The van der Waals surface area contributed by atoms with E-state index in [9.17, 15) is 8.42 Å². The van der Waals surface area contributed by atoms with Gasteiger partial charge >= 0.3 is 0 Å². The maximum Gasteiger partial charge on any atom is 0.213 e. The van der Waals surface area contributed by atoms with E-state index in [1.165, 1.54) is 0 Å². The van der Waals surface area contributed by atoms with Crippen molar-refractivity contribution in [2.24, 2.45) is 0 Å². The van der Waals surface area contributed by atoms with Crippen molar-refractivity contribution >= 4 is 21.8 Å². The van der Waals surface area contributed by atoms with Crippen LogP contribution in [0.4, 0.5) is 0 Å². The van der Waals surface area contributed by atoms with Gasteiger partial charge in [-0.3, -0.25) is 0 Å². The fourth-order valence-electron chi connectivity index (χ4n) is 1.59. The Bertz CT molecular complexity index is 269. The normalized spacial score (nSPS) is 29.4. The summed E-state index contributed by atoms with van der Waals surface area (Å²) >= 11 is 1.87. The third-order valence-corrected chi connectivity index (χ3v) is 6.08. The smallest absolute Gasteiger partial charge is 0.212 e. The van der Waals surface area contributed by atoms with Crippen LogP contribution in [0.2, 0.25) is 0 Å². The summed E-state index contributed by atoms with van der Waals surface area (Å²) in [6, 6.07) is 0.209.